The number of rotatable bonds is 1. The molecule has 86 valence electrons. The Hall–Kier alpha value is -2.06. The lowest BCUT2D eigenvalue weighted by Gasteiger charge is -1.96. The van der Waals surface area contributed by atoms with Gasteiger partial charge in [0.15, 0.2) is 0 Å². The Balaban J connectivity index is 1.94. The van der Waals surface area contributed by atoms with Gasteiger partial charge in [-0.15, -0.1) is 11.3 Å². The summed E-state index contributed by atoms with van der Waals surface area (Å²) in [7, 11) is 0. The third-order valence-electron chi connectivity index (χ3n) is 3.16. The van der Waals surface area contributed by atoms with E-state index in [4.69, 9.17) is 4.42 Å². The summed E-state index contributed by atoms with van der Waals surface area (Å²) in [6, 6.07) is 19.1. The maximum absolute atomic E-state index is 5.37. The molecule has 0 saturated carbocycles. The van der Waals surface area contributed by atoms with Crippen molar-refractivity contribution in [1.29, 1.82) is 0 Å². The standard InChI is InChI=1S/C16H10OS/c1-2-4-15-12(3-1)10-16(18-15)13-5-6-14-11(9-13)7-8-17-14/h1-10H. The lowest BCUT2D eigenvalue weighted by atomic mass is 10.1. The fourth-order valence-electron chi connectivity index (χ4n) is 2.24. The van der Waals surface area contributed by atoms with Crippen LogP contribution in [-0.4, -0.2) is 0 Å². The lowest BCUT2D eigenvalue weighted by Crippen LogP contribution is -1.70. The molecule has 0 atom stereocenters. The van der Waals surface area contributed by atoms with Gasteiger partial charge in [0.05, 0.1) is 6.26 Å². The summed E-state index contributed by atoms with van der Waals surface area (Å²) >= 11 is 1.83. The van der Waals surface area contributed by atoms with Crippen molar-refractivity contribution in [1.82, 2.24) is 0 Å². The van der Waals surface area contributed by atoms with Gasteiger partial charge >= 0.3 is 0 Å². The summed E-state index contributed by atoms with van der Waals surface area (Å²) in [5, 5.41) is 2.47. The van der Waals surface area contributed by atoms with Crippen molar-refractivity contribution in [2.24, 2.45) is 0 Å². The van der Waals surface area contributed by atoms with E-state index in [1.54, 1.807) is 6.26 Å². The molecule has 0 aliphatic rings. The van der Waals surface area contributed by atoms with E-state index in [1.807, 2.05) is 23.5 Å². The summed E-state index contributed by atoms with van der Waals surface area (Å²) in [5.74, 6) is 0. The van der Waals surface area contributed by atoms with Crippen LogP contribution in [0.4, 0.5) is 0 Å². The molecule has 0 unspecified atom stereocenters. The third-order valence-corrected chi connectivity index (χ3v) is 4.33. The average Bonchev–Trinajstić information content (AvgIpc) is 3.04. The van der Waals surface area contributed by atoms with Gasteiger partial charge < -0.3 is 4.42 Å². The monoisotopic (exact) mass is 250 g/mol. The zero-order chi connectivity index (χ0) is 11.9. The Morgan fingerprint density at radius 3 is 2.72 bits per heavy atom. The molecule has 2 aromatic heterocycles. The Labute approximate surface area is 108 Å². The first kappa shape index (κ1) is 9.92. The number of hydrogen-bond donors (Lipinski definition) is 0. The van der Waals surface area contributed by atoms with Crippen molar-refractivity contribution in [3.05, 3.63) is 60.9 Å². The number of benzene rings is 2. The number of hydrogen-bond acceptors (Lipinski definition) is 2. The molecule has 0 amide bonds. The maximum atomic E-state index is 5.37. The van der Waals surface area contributed by atoms with Gasteiger partial charge in [-0.2, -0.15) is 0 Å². The Kier molecular flexibility index (Phi) is 2.05. The lowest BCUT2D eigenvalue weighted by molar-refractivity contribution is 0.616. The van der Waals surface area contributed by atoms with Crippen molar-refractivity contribution in [3.63, 3.8) is 0 Å². The molecule has 1 nitrogen and oxygen atoms in total. The zero-order valence-electron chi connectivity index (χ0n) is 9.59. The first-order valence-corrected chi connectivity index (χ1v) is 6.68. The highest BCUT2D eigenvalue weighted by atomic mass is 32.1. The predicted octanol–water partition coefficient (Wildman–Crippen LogP) is 5.31. The normalized spacial score (nSPS) is 11.3. The topological polar surface area (TPSA) is 13.1 Å². The molecule has 0 aliphatic carbocycles. The maximum Gasteiger partial charge on any atom is 0.133 e. The van der Waals surface area contributed by atoms with Crippen molar-refractivity contribution in [2.75, 3.05) is 0 Å². The molecule has 0 fully saturated rings. The smallest absolute Gasteiger partial charge is 0.133 e. The van der Waals surface area contributed by atoms with Crippen LogP contribution in [-0.2, 0) is 0 Å². The van der Waals surface area contributed by atoms with Crippen LogP contribution >= 0.6 is 11.3 Å². The van der Waals surface area contributed by atoms with E-state index in [2.05, 4.69) is 42.5 Å². The minimum Gasteiger partial charge on any atom is -0.464 e. The van der Waals surface area contributed by atoms with Crippen LogP contribution in [0.3, 0.4) is 0 Å². The summed E-state index contributed by atoms with van der Waals surface area (Å²) in [6.45, 7) is 0. The summed E-state index contributed by atoms with van der Waals surface area (Å²) in [4.78, 5) is 1.30. The molecule has 4 rings (SSSR count). The molecule has 4 aromatic rings. The molecule has 0 N–H and O–H groups in total. The third kappa shape index (κ3) is 1.46. The highest BCUT2D eigenvalue weighted by Crippen LogP contribution is 2.34. The summed E-state index contributed by atoms with van der Waals surface area (Å²) in [6.07, 6.45) is 1.74. The minimum atomic E-state index is 0.944. The number of fused-ring (bicyclic) bond motifs is 2. The second-order valence-corrected chi connectivity index (χ2v) is 5.41. The van der Waals surface area contributed by atoms with E-state index in [0.29, 0.717) is 0 Å². The Bertz CT molecular complexity index is 805. The van der Waals surface area contributed by atoms with Crippen LogP contribution in [0.2, 0.25) is 0 Å². The molecule has 2 heterocycles. The molecule has 0 aliphatic heterocycles. The fourth-order valence-corrected chi connectivity index (χ4v) is 3.30. The molecule has 18 heavy (non-hydrogen) atoms. The highest BCUT2D eigenvalue weighted by molar-refractivity contribution is 7.22. The van der Waals surface area contributed by atoms with Gasteiger partial charge in [-0.3, -0.25) is 0 Å². The number of thiophene rings is 1. The van der Waals surface area contributed by atoms with Crippen LogP contribution in [0.5, 0.6) is 0 Å². The van der Waals surface area contributed by atoms with E-state index in [-0.39, 0.29) is 0 Å². The van der Waals surface area contributed by atoms with Crippen LogP contribution in [0.1, 0.15) is 0 Å². The number of furan rings is 1. The molecule has 2 heteroatoms. The van der Waals surface area contributed by atoms with Crippen molar-refractivity contribution in [3.8, 4) is 10.4 Å². The van der Waals surface area contributed by atoms with Crippen molar-refractivity contribution in [2.45, 2.75) is 0 Å². The largest absolute Gasteiger partial charge is 0.464 e. The molecular weight excluding hydrogens is 240 g/mol. The summed E-state index contributed by atoms with van der Waals surface area (Å²) in [5.41, 5.74) is 2.20. The van der Waals surface area contributed by atoms with E-state index in [0.717, 1.165) is 11.0 Å². The minimum absolute atomic E-state index is 0.944. The van der Waals surface area contributed by atoms with Gasteiger partial charge in [-0.1, -0.05) is 18.2 Å². The van der Waals surface area contributed by atoms with Crippen LogP contribution in [0.25, 0.3) is 31.5 Å². The zero-order valence-corrected chi connectivity index (χ0v) is 10.4. The molecule has 0 saturated heterocycles. The SMILES string of the molecule is c1ccc2sc(-c3ccc4occc4c3)cc2c1. The van der Waals surface area contributed by atoms with Gasteiger partial charge in [0, 0.05) is 15.0 Å². The van der Waals surface area contributed by atoms with Gasteiger partial charge in [0.25, 0.3) is 0 Å². The van der Waals surface area contributed by atoms with Crippen molar-refractivity contribution >= 4 is 32.4 Å². The van der Waals surface area contributed by atoms with Crippen molar-refractivity contribution < 1.29 is 4.42 Å². The molecule has 0 radical (unpaired) electrons. The molecule has 0 spiro atoms. The van der Waals surface area contributed by atoms with E-state index in [1.165, 1.54) is 20.5 Å². The fraction of sp³-hybridized carbons (Fsp3) is 0. The first-order valence-electron chi connectivity index (χ1n) is 5.86. The van der Waals surface area contributed by atoms with E-state index < -0.39 is 0 Å². The average molecular weight is 250 g/mol. The van der Waals surface area contributed by atoms with E-state index in [9.17, 15) is 0 Å². The molecule has 2 aromatic carbocycles. The summed E-state index contributed by atoms with van der Waals surface area (Å²) < 4.78 is 6.70. The first-order chi connectivity index (χ1) is 8.90. The predicted molar refractivity (Wildman–Crippen MR) is 77.0 cm³/mol. The molecular formula is C16H10OS. The Morgan fingerprint density at radius 2 is 1.78 bits per heavy atom. The van der Waals surface area contributed by atoms with Crippen LogP contribution in [0, 0.1) is 0 Å². The van der Waals surface area contributed by atoms with Gasteiger partial charge in [0.2, 0.25) is 0 Å². The van der Waals surface area contributed by atoms with Gasteiger partial charge in [0.1, 0.15) is 5.58 Å². The van der Waals surface area contributed by atoms with Gasteiger partial charge in [-0.25, -0.2) is 0 Å². The van der Waals surface area contributed by atoms with Crippen LogP contribution in [0.15, 0.2) is 65.3 Å². The van der Waals surface area contributed by atoms with Gasteiger partial charge in [-0.05, 0) is 47.3 Å². The Morgan fingerprint density at radius 1 is 0.833 bits per heavy atom. The molecule has 0 bridgehead atoms. The van der Waals surface area contributed by atoms with E-state index >= 15 is 0 Å². The second kappa shape index (κ2) is 3.72. The highest BCUT2D eigenvalue weighted by Gasteiger charge is 2.05. The van der Waals surface area contributed by atoms with Crippen LogP contribution < -0.4 is 0 Å². The quantitative estimate of drug-likeness (QED) is 0.446. The second-order valence-electron chi connectivity index (χ2n) is 4.32.